The lowest BCUT2D eigenvalue weighted by molar-refractivity contribution is -0.255. The van der Waals surface area contributed by atoms with Gasteiger partial charge < -0.3 is 14.6 Å². The Hall–Kier alpha value is -3.14. The molecule has 0 aliphatic rings. The predicted octanol–water partition coefficient (Wildman–Crippen LogP) is 2.35. The first-order chi connectivity index (χ1) is 11.1. The summed E-state index contributed by atoms with van der Waals surface area (Å²) in [5, 5.41) is 10.6. The van der Waals surface area contributed by atoms with Crippen LogP contribution in [0, 0.1) is 0 Å². The molecule has 0 radical (unpaired) electrons. The Balaban J connectivity index is 2.00. The maximum Gasteiger partial charge on any atom is 0.178 e. The molecule has 0 N–H and O–H groups in total. The highest BCUT2D eigenvalue weighted by Gasteiger charge is 1.95. The third-order valence-corrected chi connectivity index (χ3v) is 3.12. The highest BCUT2D eigenvalue weighted by atomic mass is 16.5. The van der Waals surface area contributed by atoms with E-state index in [0.717, 1.165) is 16.9 Å². The van der Waals surface area contributed by atoms with E-state index in [9.17, 15) is 14.7 Å². The lowest BCUT2D eigenvalue weighted by atomic mass is 10.1. The maximum absolute atomic E-state index is 11.8. The summed E-state index contributed by atoms with van der Waals surface area (Å²) in [5.74, 6) is -0.669. The van der Waals surface area contributed by atoms with Gasteiger partial charge >= 0.3 is 0 Å². The maximum atomic E-state index is 11.8. The molecule has 0 spiro atoms. The number of hydrogen-bond donors (Lipinski definition) is 0. The Morgan fingerprint density at radius 1 is 0.957 bits per heavy atom. The van der Waals surface area contributed by atoms with Crippen LogP contribution in [0.3, 0.4) is 0 Å². The summed E-state index contributed by atoms with van der Waals surface area (Å²) in [5.41, 5.74) is 1.70. The fourth-order valence-corrected chi connectivity index (χ4v) is 1.89. The Morgan fingerprint density at radius 3 is 2.22 bits per heavy atom. The van der Waals surface area contributed by atoms with Gasteiger partial charge in [-0.3, -0.25) is 4.79 Å². The zero-order valence-corrected chi connectivity index (χ0v) is 12.6. The molecule has 4 nitrogen and oxygen atoms in total. The first-order valence-corrected chi connectivity index (χ1v) is 6.94. The number of carboxylic acid groups (broad SMARTS) is 1. The minimum Gasteiger partial charge on any atom is -0.545 e. The standard InChI is InChI=1S/C19H16O4/c1-23-18-4-2-3-15(13-18)8-12-17(20)11-7-14-5-9-16(10-6-14)19(21)22/h2-13H,1H3,(H,21,22)/p-1/b11-7+,12-8+. The van der Waals surface area contributed by atoms with Crippen molar-refractivity contribution in [3.8, 4) is 5.75 Å². The largest absolute Gasteiger partial charge is 0.545 e. The first kappa shape index (κ1) is 16.2. The number of carboxylic acids is 1. The molecule has 0 heterocycles. The number of aromatic carboxylic acids is 1. The van der Waals surface area contributed by atoms with E-state index in [1.54, 1.807) is 31.4 Å². The van der Waals surface area contributed by atoms with E-state index in [-0.39, 0.29) is 11.3 Å². The third-order valence-electron chi connectivity index (χ3n) is 3.12. The number of carbonyl (C=O) groups excluding carboxylic acids is 2. The van der Waals surface area contributed by atoms with E-state index in [1.807, 2.05) is 24.3 Å². The van der Waals surface area contributed by atoms with E-state index in [0.29, 0.717) is 0 Å². The van der Waals surface area contributed by atoms with Crippen LogP contribution in [0.1, 0.15) is 21.5 Å². The smallest absolute Gasteiger partial charge is 0.178 e. The average Bonchev–Trinajstić information content (AvgIpc) is 2.58. The Kier molecular flexibility index (Phi) is 5.47. The van der Waals surface area contributed by atoms with Crippen molar-refractivity contribution in [2.24, 2.45) is 0 Å². The topological polar surface area (TPSA) is 66.4 Å². The monoisotopic (exact) mass is 307 g/mol. The van der Waals surface area contributed by atoms with Gasteiger partial charge in [0, 0.05) is 0 Å². The van der Waals surface area contributed by atoms with Gasteiger partial charge in [-0.05, 0) is 41.0 Å². The summed E-state index contributed by atoms with van der Waals surface area (Å²) in [7, 11) is 1.59. The van der Waals surface area contributed by atoms with Crippen molar-refractivity contribution in [1.29, 1.82) is 0 Å². The molecule has 0 atom stereocenters. The molecular formula is C19H15O4-. The van der Waals surface area contributed by atoms with E-state index in [4.69, 9.17) is 4.74 Å². The zero-order chi connectivity index (χ0) is 16.7. The third kappa shape index (κ3) is 4.97. The first-order valence-electron chi connectivity index (χ1n) is 6.94. The van der Waals surface area contributed by atoms with E-state index in [2.05, 4.69) is 0 Å². The molecule has 0 saturated heterocycles. The molecule has 4 heteroatoms. The molecular weight excluding hydrogens is 292 g/mol. The molecule has 2 aromatic rings. The van der Waals surface area contributed by atoms with Crippen LogP contribution in [0.4, 0.5) is 0 Å². The predicted molar refractivity (Wildman–Crippen MR) is 86.8 cm³/mol. The summed E-state index contributed by atoms with van der Waals surface area (Å²) in [4.78, 5) is 22.5. The molecule has 2 rings (SSSR count). The number of hydrogen-bond acceptors (Lipinski definition) is 4. The molecule has 0 fully saturated rings. The number of rotatable bonds is 6. The van der Waals surface area contributed by atoms with Gasteiger partial charge in [0.15, 0.2) is 5.78 Å². The molecule has 0 aliphatic carbocycles. The van der Waals surface area contributed by atoms with Crippen LogP contribution < -0.4 is 9.84 Å². The molecule has 0 saturated carbocycles. The van der Waals surface area contributed by atoms with Crippen molar-refractivity contribution in [3.05, 3.63) is 77.4 Å². The second kappa shape index (κ2) is 7.75. The second-order valence-electron chi connectivity index (χ2n) is 4.76. The van der Waals surface area contributed by atoms with Crippen LogP contribution in [0.25, 0.3) is 12.2 Å². The molecule has 0 aromatic heterocycles. The van der Waals surface area contributed by atoms with E-state index in [1.165, 1.54) is 24.3 Å². The molecule has 23 heavy (non-hydrogen) atoms. The lowest BCUT2D eigenvalue weighted by Gasteiger charge is -2.01. The van der Waals surface area contributed by atoms with Crippen LogP contribution in [-0.2, 0) is 4.79 Å². The van der Waals surface area contributed by atoms with Gasteiger partial charge in [0.1, 0.15) is 5.75 Å². The van der Waals surface area contributed by atoms with Crippen molar-refractivity contribution in [3.63, 3.8) is 0 Å². The van der Waals surface area contributed by atoms with E-state index < -0.39 is 5.97 Å². The van der Waals surface area contributed by atoms with Crippen LogP contribution in [0.2, 0.25) is 0 Å². The van der Waals surface area contributed by atoms with Gasteiger partial charge in [0.05, 0.1) is 13.1 Å². The molecule has 2 aromatic carbocycles. The molecule has 0 bridgehead atoms. The summed E-state index contributed by atoms with van der Waals surface area (Å²) in [6.07, 6.45) is 6.21. The number of allylic oxidation sites excluding steroid dienone is 2. The quantitative estimate of drug-likeness (QED) is 0.768. The van der Waals surface area contributed by atoms with Crippen LogP contribution in [-0.4, -0.2) is 18.9 Å². The number of carbonyl (C=O) groups is 2. The molecule has 0 amide bonds. The van der Waals surface area contributed by atoms with Crippen LogP contribution in [0.5, 0.6) is 5.75 Å². The van der Waals surface area contributed by atoms with Crippen molar-refractivity contribution in [2.45, 2.75) is 0 Å². The van der Waals surface area contributed by atoms with E-state index >= 15 is 0 Å². The van der Waals surface area contributed by atoms with Gasteiger partial charge in [-0.15, -0.1) is 0 Å². The van der Waals surface area contributed by atoms with Crippen molar-refractivity contribution in [1.82, 2.24) is 0 Å². The molecule has 0 unspecified atom stereocenters. The fourth-order valence-electron chi connectivity index (χ4n) is 1.89. The lowest BCUT2D eigenvalue weighted by Crippen LogP contribution is -2.21. The number of ketones is 1. The minimum atomic E-state index is -1.22. The average molecular weight is 307 g/mol. The van der Waals surface area contributed by atoms with Gasteiger partial charge in [0.25, 0.3) is 0 Å². The fraction of sp³-hybridized carbons (Fsp3) is 0.0526. The number of benzene rings is 2. The Bertz CT molecular complexity index is 755. The van der Waals surface area contributed by atoms with Crippen LogP contribution >= 0.6 is 0 Å². The molecule has 0 aliphatic heterocycles. The highest BCUT2D eigenvalue weighted by molar-refractivity contribution is 6.04. The van der Waals surface area contributed by atoms with Gasteiger partial charge in [-0.1, -0.05) is 48.6 Å². The van der Waals surface area contributed by atoms with Crippen LogP contribution in [0.15, 0.2) is 60.7 Å². The van der Waals surface area contributed by atoms with Crippen molar-refractivity contribution < 1.29 is 19.4 Å². The summed E-state index contributed by atoms with van der Waals surface area (Å²) < 4.78 is 5.11. The summed E-state index contributed by atoms with van der Waals surface area (Å²) in [6, 6.07) is 13.5. The minimum absolute atomic E-state index is 0.103. The number of ether oxygens (including phenoxy) is 1. The Morgan fingerprint density at radius 2 is 1.61 bits per heavy atom. The molecule has 116 valence electrons. The second-order valence-corrected chi connectivity index (χ2v) is 4.76. The van der Waals surface area contributed by atoms with Gasteiger partial charge in [-0.2, -0.15) is 0 Å². The van der Waals surface area contributed by atoms with Gasteiger partial charge in [0.2, 0.25) is 0 Å². The summed E-state index contributed by atoms with van der Waals surface area (Å²) >= 11 is 0. The Labute approximate surface area is 134 Å². The zero-order valence-electron chi connectivity index (χ0n) is 12.6. The van der Waals surface area contributed by atoms with Crippen molar-refractivity contribution in [2.75, 3.05) is 7.11 Å². The van der Waals surface area contributed by atoms with Crippen molar-refractivity contribution >= 4 is 23.9 Å². The number of methoxy groups -OCH3 is 1. The summed E-state index contributed by atoms with van der Waals surface area (Å²) in [6.45, 7) is 0. The SMILES string of the molecule is COc1cccc(/C=C/C(=O)/C=C/c2ccc(C(=O)[O-])cc2)c1. The van der Waals surface area contributed by atoms with Gasteiger partial charge in [-0.25, -0.2) is 0 Å². The normalized spacial score (nSPS) is 11.0. The highest BCUT2D eigenvalue weighted by Crippen LogP contribution is 2.13.